The van der Waals surface area contributed by atoms with Gasteiger partial charge < -0.3 is 9.47 Å². The Balaban J connectivity index is 1.91. The van der Waals surface area contributed by atoms with E-state index in [-0.39, 0.29) is 5.97 Å². The van der Waals surface area contributed by atoms with E-state index in [1.165, 1.54) is 6.08 Å². The van der Waals surface area contributed by atoms with Crippen LogP contribution in [0.2, 0.25) is 0 Å². The van der Waals surface area contributed by atoms with Crippen LogP contribution in [-0.2, 0) is 14.3 Å². The number of carbonyl (C=O) groups excluding carboxylic acids is 1. The second kappa shape index (κ2) is 7.43. The minimum Gasteiger partial charge on any atom is -0.463 e. The van der Waals surface area contributed by atoms with Crippen LogP contribution in [0, 0.1) is 0 Å². The van der Waals surface area contributed by atoms with Crippen LogP contribution < -0.4 is 0 Å². The summed E-state index contributed by atoms with van der Waals surface area (Å²) < 4.78 is 10.1. The molecule has 0 radical (unpaired) electrons. The van der Waals surface area contributed by atoms with Crippen LogP contribution in [-0.4, -0.2) is 50.3 Å². The normalized spacial score (nSPS) is 17.3. The molecule has 15 heavy (non-hydrogen) atoms. The zero-order valence-corrected chi connectivity index (χ0v) is 9.11. The molecule has 0 aromatic carbocycles. The second-order valence-corrected chi connectivity index (χ2v) is 3.53. The lowest BCUT2D eigenvalue weighted by Gasteiger charge is -2.26. The van der Waals surface area contributed by atoms with E-state index in [4.69, 9.17) is 9.47 Å². The van der Waals surface area contributed by atoms with Gasteiger partial charge in [-0.05, 0) is 19.4 Å². The molecule has 1 saturated heterocycles. The van der Waals surface area contributed by atoms with Crippen molar-refractivity contribution in [1.82, 2.24) is 4.90 Å². The molecule has 0 aliphatic carbocycles. The highest BCUT2D eigenvalue weighted by atomic mass is 16.5. The fraction of sp³-hybridized carbons (Fsp3) is 0.727. The molecule has 1 aliphatic rings. The molecule has 1 aliphatic heterocycles. The molecule has 4 nitrogen and oxygen atoms in total. The van der Waals surface area contributed by atoms with Crippen molar-refractivity contribution in [2.75, 3.05) is 39.5 Å². The van der Waals surface area contributed by atoms with Crippen molar-refractivity contribution in [3.8, 4) is 0 Å². The highest BCUT2D eigenvalue weighted by molar-refractivity contribution is 5.81. The number of carbonyl (C=O) groups is 1. The summed E-state index contributed by atoms with van der Waals surface area (Å²) in [5, 5.41) is 0. The number of morpholine rings is 1. The monoisotopic (exact) mass is 213 g/mol. The fourth-order valence-corrected chi connectivity index (χ4v) is 1.49. The van der Waals surface area contributed by atoms with Crippen LogP contribution >= 0.6 is 0 Å². The van der Waals surface area contributed by atoms with E-state index in [1.807, 2.05) is 0 Å². The summed E-state index contributed by atoms with van der Waals surface area (Å²) in [6.07, 6.45) is 3.17. The zero-order valence-electron chi connectivity index (χ0n) is 9.11. The van der Waals surface area contributed by atoms with Crippen molar-refractivity contribution in [2.45, 2.75) is 12.8 Å². The maximum absolute atomic E-state index is 10.7. The van der Waals surface area contributed by atoms with Gasteiger partial charge in [0.05, 0.1) is 19.8 Å². The first-order valence-electron chi connectivity index (χ1n) is 5.42. The van der Waals surface area contributed by atoms with E-state index >= 15 is 0 Å². The summed E-state index contributed by atoms with van der Waals surface area (Å²) in [6, 6.07) is 0. The Hall–Kier alpha value is -0.870. The van der Waals surface area contributed by atoms with Crippen LogP contribution in [0.25, 0.3) is 0 Å². The SMILES string of the molecule is C=CC(=O)OCCCCN1CCOCC1. The molecule has 0 N–H and O–H groups in total. The van der Waals surface area contributed by atoms with Gasteiger partial charge in [-0.15, -0.1) is 0 Å². The van der Waals surface area contributed by atoms with Crippen LogP contribution in [0.5, 0.6) is 0 Å². The van der Waals surface area contributed by atoms with Gasteiger partial charge >= 0.3 is 5.97 Å². The number of ether oxygens (including phenoxy) is 2. The molecule has 86 valence electrons. The largest absolute Gasteiger partial charge is 0.463 e. The lowest BCUT2D eigenvalue weighted by molar-refractivity contribution is -0.137. The first kappa shape index (κ1) is 12.2. The predicted octanol–water partition coefficient (Wildman–Crippen LogP) is 0.828. The molecule has 0 amide bonds. The third-order valence-electron chi connectivity index (χ3n) is 2.38. The van der Waals surface area contributed by atoms with Crippen LogP contribution in [0.1, 0.15) is 12.8 Å². The average Bonchev–Trinajstić information content (AvgIpc) is 2.29. The van der Waals surface area contributed by atoms with E-state index in [2.05, 4.69) is 11.5 Å². The number of nitrogens with zero attached hydrogens (tertiary/aromatic N) is 1. The summed E-state index contributed by atoms with van der Waals surface area (Å²) in [4.78, 5) is 13.1. The number of hydrogen-bond donors (Lipinski definition) is 0. The maximum atomic E-state index is 10.7. The first-order valence-corrected chi connectivity index (χ1v) is 5.42. The van der Waals surface area contributed by atoms with E-state index < -0.39 is 0 Å². The molecule has 0 aromatic heterocycles. The smallest absolute Gasteiger partial charge is 0.330 e. The Labute approximate surface area is 90.8 Å². The molecule has 0 bridgehead atoms. The van der Waals surface area contributed by atoms with Gasteiger partial charge in [-0.3, -0.25) is 4.90 Å². The Morgan fingerprint density at radius 1 is 1.40 bits per heavy atom. The maximum Gasteiger partial charge on any atom is 0.330 e. The molecule has 1 rings (SSSR count). The highest BCUT2D eigenvalue weighted by Gasteiger charge is 2.08. The molecule has 0 spiro atoms. The van der Waals surface area contributed by atoms with Crippen molar-refractivity contribution in [2.24, 2.45) is 0 Å². The second-order valence-electron chi connectivity index (χ2n) is 3.53. The molecule has 0 unspecified atom stereocenters. The number of hydrogen-bond acceptors (Lipinski definition) is 4. The van der Waals surface area contributed by atoms with Gasteiger partial charge in [-0.25, -0.2) is 4.79 Å². The summed E-state index contributed by atoms with van der Waals surface area (Å²) in [7, 11) is 0. The van der Waals surface area contributed by atoms with Crippen molar-refractivity contribution in [3.05, 3.63) is 12.7 Å². The molecule has 4 heteroatoms. The topological polar surface area (TPSA) is 38.8 Å². The summed E-state index contributed by atoms with van der Waals surface area (Å²) >= 11 is 0. The Morgan fingerprint density at radius 3 is 2.80 bits per heavy atom. The Morgan fingerprint density at radius 2 is 2.13 bits per heavy atom. The van der Waals surface area contributed by atoms with Crippen LogP contribution in [0.15, 0.2) is 12.7 Å². The quantitative estimate of drug-likeness (QED) is 0.372. The molecular weight excluding hydrogens is 194 g/mol. The first-order chi connectivity index (χ1) is 7.33. The number of esters is 1. The number of unbranched alkanes of at least 4 members (excludes halogenated alkanes) is 1. The molecule has 0 atom stereocenters. The average molecular weight is 213 g/mol. The minimum absolute atomic E-state index is 0.332. The van der Waals surface area contributed by atoms with Gasteiger partial charge in [0.15, 0.2) is 0 Å². The van der Waals surface area contributed by atoms with E-state index in [0.717, 1.165) is 45.7 Å². The van der Waals surface area contributed by atoms with Crippen molar-refractivity contribution >= 4 is 5.97 Å². The van der Waals surface area contributed by atoms with E-state index in [9.17, 15) is 4.79 Å². The Bertz CT molecular complexity index is 200. The Kier molecular flexibility index (Phi) is 6.04. The van der Waals surface area contributed by atoms with Gasteiger partial charge in [0.2, 0.25) is 0 Å². The van der Waals surface area contributed by atoms with Crippen molar-refractivity contribution < 1.29 is 14.3 Å². The third kappa shape index (κ3) is 5.54. The van der Waals surface area contributed by atoms with Gasteiger partial charge in [0, 0.05) is 19.2 Å². The highest BCUT2D eigenvalue weighted by Crippen LogP contribution is 2.00. The lowest BCUT2D eigenvalue weighted by Crippen LogP contribution is -2.36. The van der Waals surface area contributed by atoms with Gasteiger partial charge in [-0.2, -0.15) is 0 Å². The standard InChI is InChI=1S/C11H19NO3/c1-2-11(13)15-8-4-3-5-12-6-9-14-10-7-12/h2H,1,3-10H2. The van der Waals surface area contributed by atoms with E-state index in [1.54, 1.807) is 0 Å². The van der Waals surface area contributed by atoms with E-state index in [0.29, 0.717) is 6.61 Å². The van der Waals surface area contributed by atoms with Crippen molar-refractivity contribution in [3.63, 3.8) is 0 Å². The molecule has 0 saturated carbocycles. The molecule has 0 aromatic rings. The third-order valence-corrected chi connectivity index (χ3v) is 2.38. The summed E-state index contributed by atoms with van der Waals surface area (Å²) in [5.41, 5.74) is 0. The van der Waals surface area contributed by atoms with Gasteiger partial charge in [-0.1, -0.05) is 6.58 Å². The molecular formula is C11H19NO3. The lowest BCUT2D eigenvalue weighted by atomic mass is 10.3. The molecule has 1 fully saturated rings. The van der Waals surface area contributed by atoms with Gasteiger partial charge in [0.25, 0.3) is 0 Å². The summed E-state index contributed by atoms with van der Waals surface area (Å²) in [6.45, 7) is 8.61. The zero-order chi connectivity index (χ0) is 10.9. The van der Waals surface area contributed by atoms with Crippen LogP contribution in [0.3, 0.4) is 0 Å². The van der Waals surface area contributed by atoms with Gasteiger partial charge in [0.1, 0.15) is 0 Å². The van der Waals surface area contributed by atoms with Crippen molar-refractivity contribution in [1.29, 1.82) is 0 Å². The minimum atomic E-state index is -0.332. The summed E-state index contributed by atoms with van der Waals surface area (Å²) in [5.74, 6) is -0.332. The number of rotatable bonds is 6. The molecule has 1 heterocycles. The van der Waals surface area contributed by atoms with Crippen LogP contribution in [0.4, 0.5) is 0 Å². The fourth-order valence-electron chi connectivity index (χ4n) is 1.49. The predicted molar refractivity (Wildman–Crippen MR) is 57.6 cm³/mol.